The van der Waals surface area contributed by atoms with Crippen LogP contribution < -0.4 is 0 Å². The molecule has 0 aromatic heterocycles. The summed E-state index contributed by atoms with van der Waals surface area (Å²) in [4.78, 5) is 0. The summed E-state index contributed by atoms with van der Waals surface area (Å²) < 4.78 is 0. The molecule has 4 aliphatic rings. The van der Waals surface area contributed by atoms with Gasteiger partial charge in [0, 0.05) is 0 Å². The summed E-state index contributed by atoms with van der Waals surface area (Å²) in [5, 5.41) is 0. The van der Waals surface area contributed by atoms with Crippen molar-refractivity contribution < 1.29 is 0 Å². The Balaban J connectivity index is 1.85. The normalized spacial score (nSPS) is 47.8. The maximum atomic E-state index is 2.45. The molecule has 2 saturated heterocycles. The quantitative estimate of drug-likeness (QED) is 0.532. The standard InChI is InChI=1S/C12H21B/c1-8(2)13-11-4-9-3-10(6-11)7-12(13)5-9/h8-12H,3-7H2,1-2H3. The second-order valence-corrected chi connectivity index (χ2v) is 6.25. The first kappa shape index (κ1) is 8.38. The van der Waals surface area contributed by atoms with E-state index in [1.54, 1.807) is 32.1 Å². The van der Waals surface area contributed by atoms with Crippen LogP contribution in [0.1, 0.15) is 46.0 Å². The van der Waals surface area contributed by atoms with Gasteiger partial charge in [0.15, 0.2) is 0 Å². The van der Waals surface area contributed by atoms with E-state index in [9.17, 15) is 0 Å². The van der Waals surface area contributed by atoms with Crippen LogP contribution in [0.2, 0.25) is 17.5 Å². The summed E-state index contributed by atoms with van der Waals surface area (Å²) in [6.45, 7) is 6.01. The Hall–Kier alpha value is 0.0649. The maximum absolute atomic E-state index is 2.45. The van der Waals surface area contributed by atoms with E-state index in [-0.39, 0.29) is 0 Å². The molecular weight excluding hydrogens is 155 g/mol. The summed E-state index contributed by atoms with van der Waals surface area (Å²) in [6.07, 6.45) is 7.97. The topological polar surface area (TPSA) is 0 Å². The lowest BCUT2D eigenvalue weighted by atomic mass is 9.19. The van der Waals surface area contributed by atoms with Gasteiger partial charge in [0.25, 0.3) is 0 Å². The van der Waals surface area contributed by atoms with E-state index in [1.807, 2.05) is 0 Å². The molecule has 0 aromatic carbocycles. The number of rotatable bonds is 1. The van der Waals surface area contributed by atoms with Crippen molar-refractivity contribution in [2.75, 3.05) is 0 Å². The molecule has 0 aromatic rings. The molecule has 2 aliphatic carbocycles. The summed E-state index contributed by atoms with van der Waals surface area (Å²) in [6, 6.07) is 0. The van der Waals surface area contributed by atoms with Crippen LogP contribution in [0.5, 0.6) is 0 Å². The fourth-order valence-electron chi connectivity index (χ4n) is 5.06. The lowest BCUT2D eigenvalue weighted by Crippen LogP contribution is -2.46. The van der Waals surface area contributed by atoms with E-state index in [4.69, 9.17) is 0 Å². The Morgan fingerprint density at radius 1 is 0.846 bits per heavy atom. The van der Waals surface area contributed by atoms with E-state index in [0.29, 0.717) is 0 Å². The van der Waals surface area contributed by atoms with Gasteiger partial charge in [0.1, 0.15) is 6.71 Å². The molecule has 0 amide bonds. The first-order valence-electron chi connectivity index (χ1n) is 6.24. The molecular formula is C12H21B. The molecule has 0 atom stereocenters. The molecule has 13 heavy (non-hydrogen) atoms. The lowest BCUT2D eigenvalue weighted by molar-refractivity contribution is 0.160. The molecule has 72 valence electrons. The van der Waals surface area contributed by atoms with Crippen molar-refractivity contribution in [3.05, 3.63) is 0 Å². The molecule has 2 heterocycles. The summed E-state index contributed by atoms with van der Waals surface area (Å²) in [5.74, 6) is 5.53. The maximum Gasteiger partial charge on any atom is 0.149 e. The predicted octanol–water partition coefficient (Wildman–Crippen LogP) is 3.86. The fourth-order valence-corrected chi connectivity index (χ4v) is 5.06. The van der Waals surface area contributed by atoms with E-state index in [2.05, 4.69) is 13.8 Å². The highest BCUT2D eigenvalue weighted by Gasteiger charge is 2.50. The van der Waals surface area contributed by atoms with Crippen molar-refractivity contribution >= 4 is 6.71 Å². The molecule has 4 rings (SSSR count). The highest BCUT2D eigenvalue weighted by molar-refractivity contribution is 6.64. The average molecular weight is 176 g/mol. The molecule has 0 unspecified atom stereocenters. The molecule has 4 fully saturated rings. The van der Waals surface area contributed by atoms with Crippen LogP contribution in [-0.4, -0.2) is 6.71 Å². The Kier molecular flexibility index (Phi) is 1.79. The third kappa shape index (κ3) is 1.19. The zero-order chi connectivity index (χ0) is 9.00. The van der Waals surface area contributed by atoms with Gasteiger partial charge in [0.05, 0.1) is 0 Å². The van der Waals surface area contributed by atoms with Crippen molar-refractivity contribution in [2.24, 2.45) is 11.8 Å². The van der Waals surface area contributed by atoms with Gasteiger partial charge in [-0.15, -0.1) is 0 Å². The van der Waals surface area contributed by atoms with Gasteiger partial charge in [-0.05, 0) is 18.3 Å². The minimum Gasteiger partial charge on any atom is -0.0693 e. The van der Waals surface area contributed by atoms with Crippen molar-refractivity contribution in [1.29, 1.82) is 0 Å². The third-order valence-corrected chi connectivity index (χ3v) is 5.07. The van der Waals surface area contributed by atoms with Crippen LogP contribution in [0, 0.1) is 11.8 Å². The van der Waals surface area contributed by atoms with Gasteiger partial charge < -0.3 is 0 Å². The van der Waals surface area contributed by atoms with Crippen LogP contribution in [0.3, 0.4) is 0 Å². The number of hydrogen-bond acceptors (Lipinski definition) is 0. The summed E-state index contributed by atoms with van der Waals surface area (Å²) in [7, 11) is 0. The first-order chi connectivity index (χ1) is 6.24. The molecule has 1 heteroatoms. The van der Waals surface area contributed by atoms with Crippen molar-refractivity contribution in [2.45, 2.75) is 63.4 Å². The highest BCUT2D eigenvalue weighted by atomic mass is 14.4. The highest BCUT2D eigenvalue weighted by Crippen LogP contribution is 2.60. The average Bonchev–Trinajstić information content (AvgIpc) is 2.00. The SMILES string of the molecule is CC(C)B1C2CC3CC(C2)CC1C3. The Morgan fingerprint density at radius 2 is 1.31 bits per heavy atom. The van der Waals surface area contributed by atoms with Gasteiger partial charge in [-0.2, -0.15) is 0 Å². The van der Waals surface area contributed by atoms with Crippen molar-refractivity contribution in [3.8, 4) is 0 Å². The first-order valence-corrected chi connectivity index (χ1v) is 6.24. The Labute approximate surface area is 82.6 Å². The van der Waals surface area contributed by atoms with Crippen molar-refractivity contribution in [3.63, 3.8) is 0 Å². The second kappa shape index (κ2) is 2.78. The van der Waals surface area contributed by atoms with Gasteiger partial charge >= 0.3 is 0 Å². The fraction of sp³-hybridized carbons (Fsp3) is 1.00. The Bertz CT molecular complexity index is 181. The molecule has 0 nitrogen and oxygen atoms in total. The van der Waals surface area contributed by atoms with E-state index in [0.717, 1.165) is 36.0 Å². The van der Waals surface area contributed by atoms with Crippen LogP contribution in [0.25, 0.3) is 0 Å². The molecule has 0 radical (unpaired) electrons. The smallest absolute Gasteiger partial charge is 0.0693 e. The van der Waals surface area contributed by atoms with Gasteiger partial charge in [-0.3, -0.25) is 0 Å². The second-order valence-electron chi connectivity index (χ2n) is 6.25. The summed E-state index contributed by atoms with van der Waals surface area (Å²) >= 11 is 0. The summed E-state index contributed by atoms with van der Waals surface area (Å²) in [5.41, 5.74) is 0. The van der Waals surface area contributed by atoms with Crippen LogP contribution in [0.4, 0.5) is 0 Å². The van der Waals surface area contributed by atoms with E-state index >= 15 is 0 Å². The Morgan fingerprint density at radius 3 is 1.69 bits per heavy atom. The zero-order valence-corrected chi connectivity index (χ0v) is 9.00. The molecule has 0 N–H and O–H groups in total. The molecule has 4 bridgehead atoms. The van der Waals surface area contributed by atoms with Crippen LogP contribution in [0.15, 0.2) is 0 Å². The monoisotopic (exact) mass is 176 g/mol. The zero-order valence-electron chi connectivity index (χ0n) is 9.00. The third-order valence-electron chi connectivity index (χ3n) is 5.07. The number of hydrogen-bond donors (Lipinski definition) is 0. The van der Waals surface area contributed by atoms with E-state index < -0.39 is 0 Å². The minimum atomic E-state index is 0.954. The van der Waals surface area contributed by atoms with E-state index in [1.165, 1.54) is 0 Å². The van der Waals surface area contributed by atoms with Crippen LogP contribution in [-0.2, 0) is 0 Å². The lowest BCUT2D eigenvalue weighted by Gasteiger charge is -2.54. The minimum absolute atomic E-state index is 0.954. The largest absolute Gasteiger partial charge is 0.149 e. The van der Waals surface area contributed by atoms with Gasteiger partial charge in [0.2, 0.25) is 0 Å². The van der Waals surface area contributed by atoms with Crippen molar-refractivity contribution in [1.82, 2.24) is 0 Å². The molecule has 2 aliphatic heterocycles. The molecule has 2 saturated carbocycles. The van der Waals surface area contributed by atoms with Gasteiger partial charge in [-0.1, -0.05) is 57.0 Å². The predicted molar refractivity (Wildman–Crippen MR) is 58.4 cm³/mol. The van der Waals surface area contributed by atoms with Crippen LogP contribution >= 0.6 is 0 Å². The molecule has 0 spiro atoms. The van der Waals surface area contributed by atoms with Gasteiger partial charge in [-0.25, -0.2) is 0 Å².